The van der Waals surface area contributed by atoms with Crippen LogP contribution < -0.4 is 10.9 Å². The van der Waals surface area contributed by atoms with Crippen LogP contribution in [0.25, 0.3) is 16.6 Å². The molecule has 3 aromatic rings. The van der Waals surface area contributed by atoms with Crippen molar-refractivity contribution in [3.05, 3.63) is 64.4 Å². The van der Waals surface area contributed by atoms with E-state index in [1.807, 2.05) is 49.4 Å². The fraction of sp³-hybridized carbons (Fsp3) is 0.333. The van der Waals surface area contributed by atoms with Crippen LogP contribution >= 0.6 is 11.8 Å². The lowest BCUT2D eigenvalue weighted by Crippen LogP contribution is -2.46. The molecule has 0 atom stereocenters. The fourth-order valence-electron chi connectivity index (χ4n) is 3.97. The third kappa shape index (κ3) is 4.70. The van der Waals surface area contributed by atoms with Gasteiger partial charge >= 0.3 is 0 Å². The van der Waals surface area contributed by atoms with Crippen molar-refractivity contribution >= 4 is 34.5 Å². The molecule has 1 N–H and O–H groups in total. The molecule has 1 aliphatic rings. The SMILES string of the molecule is CC(=O)N1CCC(NC(=O)CSc2nc3ccccc3c(=O)n2-c2ccccc2C)CC1. The summed E-state index contributed by atoms with van der Waals surface area (Å²) in [6.07, 6.45) is 1.50. The molecule has 0 unspecified atom stereocenters. The Morgan fingerprint density at radius 3 is 2.50 bits per heavy atom. The number of para-hydroxylation sites is 2. The quantitative estimate of drug-likeness (QED) is 0.477. The Morgan fingerprint density at radius 1 is 1.09 bits per heavy atom. The zero-order valence-electron chi connectivity index (χ0n) is 18.2. The van der Waals surface area contributed by atoms with Crippen LogP contribution in [0.4, 0.5) is 0 Å². The summed E-state index contributed by atoms with van der Waals surface area (Å²) in [4.78, 5) is 43.9. The number of rotatable bonds is 5. The van der Waals surface area contributed by atoms with Gasteiger partial charge in [-0.05, 0) is 43.5 Å². The summed E-state index contributed by atoms with van der Waals surface area (Å²) < 4.78 is 1.60. The fourth-order valence-corrected chi connectivity index (χ4v) is 4.79. The van der Waals surface area contributed by atoms with Gasteiger partial charge in [0.1, 0.15) is 0 Å². The second-order valence-corrected chi connectivity index (χ2v) is 8.92. The van der Waals surface area contributed by atoms with Crippen LogP contribution in [0.3, 0.4) is 0 Å². The van der Waals surface area contributed by atoms with Gasteiger partial charge in [-0.1, -0.05) is 42.1 Å². The Bertz CT molecular complexity index is 1220. The molecule has 32 heavy (non-hydrogen) atoms. The van der Waals surface area contributed by atoms with Crippen molar-refractivity contribution in [3.63, 3.8) is 0 Å². The van der Waals surface area contributed by atoms with Gasteiger partial charge in [0.25, 0.3) is 5.56 Å². The van der Waals surface area contributed by atoms with Crippen LogP contribution in [0.5, 0.6) is 0 Å². The average molecular weight is 451 g/mol. The predicted octanol–water partition coefficient (Wildman–Crippen LogP) is 2.91. The van der Waals surface area contributed by atoms with Crippen molar-refractivity contribution in [2.75, 3.05) is 18.8 Å². The van der Waals surface area contributed by atoms with E-state index in [-0.39, 0.29) is 29.2 Å². The highest BCUT2D eigenvalue weighted by atomic mass is 32.2. The maximum Gasteiger partial charge on any atom is 0.266 e. The molecule has 0 aliphatic carbocycles. The Morgan fingerprint density at radius 2 is 1.78 bits per heavy atom. The molecule has 0 saturated carbocycles. The highest BCUT2D eigenvalue weighted by Gasteiger charge is 2.22. The van der Waals surface area contributed by atoms with E-state index in [9.17, 15) is 14.4 Å². The van der Waals surface area contributed by atoms with Crippen molar-refractivity contribution in [3.8, 4) is 5.69 Å². The number of likely N-dealkylation sites (tertiary alicyclic amines) is 1. The molecule has 1 aliphatic heterocycles. The van der Waals surface area contributed by atoms with E-state index in [1.54, 1.807) is 22.5 Å². The first-order valence-corrected chi connectivity index (χ1v) is 11.7. The molecule has 166 valence electrons. The Kier molecular flexibility index (Phi) is 6.60. The first-order chi connectivity index (χ1) is 15.4. The zero-order valence-corrected chi connectivity index (χ0v) is 19.0. The number of benzene rings is 2. The summed E-state index contributed by atoms with van der Waals surface area (Å²) in [5.74, 6) is 0.126. The first kappa shape index (κ1) is 22.1. The lowest BCUT2D eigenvalue weighted by molar-refractivity contribution is -0.130. The molecule has 1 fully saturated rings. The highest BCUT2D eigenvalue weighted by Crippen LogP contribution is 2.23. The molecule has 4 rings (SSSR count). The number of hydrogen-bond acceptors (Lipinski definition) is 5. The van der Waals surface area contributed by atoms with E-state index >= 15 is 0 Å². The number of hydrogen-bond donors (Lipinski definition) is 1. The van der Waals surface area contributed by atoms with Crippen LogP contribution in [0.2, 0.25) is 0 Å². The minimum absolute atomic E-state index is 0.0572. The normalized spacial score (nSPS) is 14.5. The number of carbonyl (C=O) groups excluding carboxylic acids is 2. The van der Waals surface area contributed by atoms with Crippen LogP contribution in [0.15, 0.2) is 58.5 Å². The number of aromatic nitrogens is 2. The van der Waals surface area contributed by atoms with Crippen LogP contribution in [-0.2, 0) is 9.59 Å². The number of nitrogens with one attached hydrogen (secondary N) is 1. The third-order valence-corrected chi connectivity index (χ3v) is 6.68. The summed E-state index contributed by atoms with van der Waals surface area (Å²) in [6.45, 7) is 4.84. The molecule has 0 spiro atoms. The molecule has 0 bridgehead atoms. The number of aryl methyl sites for hydroxylation is 1. The number of nitrogens with zero attached hydrogens (tertiary/aromatic N) is 3. The molecular weight excluding hydrogens is 424 g/mol. The van der Waals surface area contributed by atoms with Crippen molar-refractivity contribution < 1.29 is 9.59 Å². The number of piperidine rings is 1. The molecule has 2 heterocycles. The summed E-state index contributed by atoms with van der Waals surface area (Å²) in [6, 6.07) is 15.0. The predicted molar refractivity (Wildman–Crippen MR) is 126 cm³/mol. The van der Waals surface area contributed by atoms with Crippen LogP contribution in [-0.4, -0.2) is 51.1 Å². The maximum absolute atomic E-state index is 13.3. The van der Waals surface area contributed by atoms with Gasteiger partial charge in [-0.2, -0.15) is 0 Å². The summed E-state index contributed by atoms with van der Waals surface area (Å²) in [5, 5.41) is 4.09. The van der Waals surface area contributed by atoms with Gasteiger partial charge in [0.2, 0.25) is 11.8 Å². The van der Waals surface area contributed by atoms with Gasteiger partial charge in [0.05, 0.1) is 22.3 Å². The number of thioether (sulfide) groups is 1. The van der Waals surface area contributed by atoms with Crippen LogP contribution in [0.1, 0.15) is 25.3 Å². The van der Waals surface area contributed by atoms with Crippen molar-refractivity contribution in [2.24, 2.45) is 0 Å². The highest BCUT2D eigenvalue weighted by molar-refractivity contribution is 7.99. The molecule has 8 heteroatoms. The standard InChI is InChI=1S/C24H26N4O3S/c1-16-7-3-6-10-21(16)28-23(31)19-8-4-5-9-20(19)26-24(28)32-15-22(30)25-18-11-13-27(14-12-18)17(2)29/h3-10,18H,11-15H2,1-2H3,(H,25,30). The lowest BCUT2D eigenvalue weighted by Gasteiger charge is -2.31. The van der Waals surface area contributed by atoms with Crippen molar-refractivity contribution in [1.29, 1.82) is 0 Å². The molecule has 7 nitrogen and oxygen atoms in total. The Balaban J connectivity index is 1.54. The number of carbonyl (C=O) groups is 2. The van der Waals surface area contributed by atoms with Gasteiger partial charge in [0.15, 0.2) is 5.16 Å². The zero-order chi connectivity index (χ0) is 22.7. The summed E-state index contributed by atoms with van der Waals surface area (Å²) in [5.41, 5.74) is 2.18. The van der Waals surface area contributed by atoms with Crippen molar-refractivity contribution in [2.45, 2.75) is 37.9 Å². The minimum Gasteiger partial charge on any atom is -0.353 e. The second kappa shape index (κ2) is 9.56. The van der Waals surface area contributed by atoms with Crippen molar-refractivity contribution in [1.82, 2.24) is 19.8 Å². The monoisotopic (exact) mass is 450 g/mol. The smallest absolute Gasteiger partial charge is 0.266 e. The lowest BCUT2D eigenvalue weighted by atomic mass is 10.1. The Hall–Kier alpha value is -3.13. The van der Waals surface area contributed by atoms with E-state index in [1.165, 1.54) is 11.8 Å². The van der Waals surface area contributed by atoms with Gasteiger partial charge in [-0.25, -0.2) is 4.98 Å². The average Bonchev–Trinajstić information content (AvgIpc) is 2.79. The largest absolute Gasteiger partial charge is 0.353 e. The summed E-state index contributed by atoms with van der Waals surface area (Å²) in [7, 11) is 0. The minimum atomic E-state index is -0.149. The van der Waals surface area contributed by atoms with E-state index in [0.29, 0.717) is 29.1 Å². The molecule has 2 amide bonds. The Labute approximate surface area is 190 Å². The third-order valence-electron chi connectivity index (χ3n) is 5.74. The number of fused-ring (bicyclic) bond motifs is 1. The first-order valence-electron chi connectivity index (χ1n) is 10.7. The van der Waals surface area contributed by atoms with E-state index in [2.05, 4.69) is 5.32 Å². The number of amides is 2. The topological polar surface area (TPSA) is 84.3 Å². The molecular formula is C24H26N4O3S. The van der Waals surface area contributed by atoms with Gasteiger partial charge in [0, 0.05) is 26.1 Å². The second-order valence-electron chi connectivity index (χ2n) is 7.98. The van der Waals surface area contributed by atoms with Crippen LogP contribution in [0, 0.1) is 6.92 Å². The van der Waals surface area contributed by atoms with Gasteiger partial charge in [-0.3, -0.25) is 19.0 Å². The van der Waals surface area contributed by atoms with Gasteiger partial charge in [-0.15, -0.1) is 0 Å². The van der Waals surface area contributed by atoms with E-state index < -0.39 is 0 Å². The molecule has 1 aromatic heterocycles. The van der Waals surface area contributed by atoms with Gasteiger partial charge < -0.3 is 10.2 Å². The van der Waals surface area contributed by atoms with E-state index in [0.717, 1.165) is 24.1 Å². The summed E-state index contributed by atoms with van der Waals surface area (Å²) >= 11 is 1.26. The molecule has 1 saturated heterocycles. The van der Waals surface area contributed by atoms with E-state index in [4.69, 9.17) is 4.98 Å². The maximum atomic E-state index is 13.3. The molecule has 2 aromatic carbocycles. The molecule has 0 radical (unpaired) electrons.